The molecule has 19 heavy (non-hydrogen) atoms. The highest BCUT2D eigenvalue weighted by Gasteiger charge is 2.26. The number of amides is 2. The molecule has 2 heterocycles. The number of aliphatic hydroxyl groups excluding tert-OH is 1. The number of thiophene rings is 1. The highest BCUT2D eigenvalue weighted by Crippen LogP contribution is 2.21. The fraction of sp³-hybridized carbons (Fsp3) is 0.615. The number of nitrogens with zero attached hydrogens (tertiary/aromatic N) is 1. The van der Waals surface area contributed by atoms with Crippen LogP contribution in [0, 0.1) is 5.92 Å². The molecule has 0 aromatic carbocycles. The first-order valence-electron chi connectivity index (χ1n) is 6.51. The van der Waals surface area contributed by atoms with Gasteiger partial charge in [0, 0.05) is 24.5 Å². The lowest BCUT2D eigenvalue weighted by atomic mass is 9.96. The molecule has 1 aliphatic rings. The fourth-order valence-electron chi connectivity index (χ4n) is 2.12. The third-order valence-corrected chi connectivity index (χ3v) is 4.77. The molecule has 6 heteroatoms. The monoisotopic (exact) mass is 302 g/mol. The summed E-state index contributed by atoms with van der Waals surface area (Å²) < 4.78 is 0.773. The molecular formula is C13H19ClN2O2S. The van der Waals surface area contributed by atoms with Crippen molar-refractivity contribution in [2.75, 3.05) is 19.6 Å². The van der Waals surface area contributed by atoms with Crippen LogP contribution < -0.4 is 5.32 Å². The van der Waals surface area contributed by atoms with Crippen LogP contribution >= 0.6 is 22.9 Å². The number of β-amino-alcohol motifs (C(OH)–C–C–N with tert-alkyl or cyclic N) is 1. The zero-order chi connectivity index (χ0) is 13.8. The van der Waals surface area contributed by atoms with Gasteiger partial charge in [-0.15, -0.1) is 11.3 Å². The summed E-state index contributed by atoms with van der Waals surface area (Å²) in [6, 6.07) is 3.76. The summed E-state index contributed by atoms with van der Waals surface area (Å²) in [4.78, 5) is 14.8. The normalized spacial score (nSPS) is 23.4. The highest BCUT2D eigenvalue weighted by molar-refractivity contribution is 7.16. The lowest BCUT2D eigenvalue weighted by molar-refractivity contribution is 0.0436. The molecule has 2 N–H and O–H groups in total. The second-order valence-corrected chi connectivity index (χ2v) is 6.77. The molecule has 4 nitrogen and oxygen atoms in total. The van der Waals surface area contributed by atoms with Gasteiger partial charge in [0.2, 0.25) is 0 Å². The second-order valence-electron chi connectivity index (χ2n) is 4.97. The van der Waals surface area contributed by atoms with Crippen molar-refractivity contribution in [1.29, 1.82) is 0 Å². The van der Waals surface area contributed by atoms with Crippen LogP contribution in [0.15, 0.2) is 12.1 Å². The number of nitrogens with one attached hydrogen (secondary N) is 1. The number of aliphatic hydroxyl groups is 1. The Morgan fingerprint density at radius 3 is 3.05 bits per heavy atom. The Bertz CT molecular complexity index is 438. The Balaban J connectivity index is 1.72. The predicted molar refractivity (Wildman–Crippen MR) is 77.8 cm³/mol. The first kappa shape index (κ1) is 14.6. The standard InChI is InChI=1S/C13H19ClN2O2S/c1-9-5-7-16(8-11(9)17)13(18)15-6-4-10-2-3-12(14)19-10/h2-3,9,11,17H,4-8H2,1H3,(H,15,18). The van der Waals surface area contributed by atoms with E-state index in [1.807, 2.05) is 19.1 Å². The number of carbonyl (C=O) groups is 1. The first-order chi connectivity index (χ1) is 9.06. The third kappa shape index (κ3) is 4.09. The molecule has 2 atom stereocenters. The van der Waals surface area contributed by atoms with Crippen molar-refractivity contribution in [1.82, 2.24) is 10.2 Å². The van der Waals surface area contributed by atoms with Crippen LogP contribution in [0.4, 0.5) is 4.79 Å². The van der Waals surface area contributed by atoms with E-state index >= 15 is 0 Å². The van der Waals surface area contributed by atoms with Crippen molar-refractivity contribution >= 4 is 29.0 Å². The molecule has 0 saturated carbocycles. The van der Waals surface area contributed by atoms with E-state index in [4.69, 9.17) is 11.6 Å². The largest absolute Gasteiger partial charge is 0.391 e. The third-order valence-electron chi connectivity index (χ3n) is 3.48. The molecule has 0 bridgehead atoms. The summed E-state index contributed by atoms with van der Waals surface area (Å²) in [6.45, 7) is 3.75. The quantitative estimate of drug-likeness (QED) is 0.900. The van der Waals surface area contributed by atoms with Gasteiger partial charge in [-0.25, -0.2) is 4.79 Å². The summed E-state index contributed by atoms with van der Waals surface area (Å²) in [5.74, 6) is 0.275. The number of carbonyl (C=O) groups excluding carboxylic acids is 1. The zero-order valence-corrected chi connectivity index (χ0v) is 12.5. The molecule has 2 unspecified atom stereocenters. The molecule has 106 valence electrons. The van der Waals surface area contributed by atoms with Gasteiger partial charge < -0.3 is 15.3 Å². The highest BCUT2D eigenvalue weighted by atomic mass is 35.5. The van der Waals surface area contributed by atoms with E-state index in [-0.39, 0.29) is 11.9 Å². The SMILES string of the molecule is CC1CCN(C(=O)NCCc2ccc(Cl)s2)CC1O. The van der Waals surface area contributed by atoms with E-state index in [1.54, 1.807) is 4.90 Å². The lowest BCUT2D eigenvalue weighted by Crippen LogP contribution is -2.49. The molecule has 0 radical (unpaired) electrons. The van der Waals surface area contributed by atoms with Crippen molar-refractivity contribution in [2.24, 2.45) is 5.92 Å². The van der Waals surface area contributed by atoms with Crippen LogP contribution in [0.1, 0.15) is 18.2 Å². The van der Waals surface area contributed by atoms with Crippen molar-refractivity contribution in [3.8, 4) is 0 Å². The zero-order valence-electron chi connectivity index (χ0n) is 10.9. The number of piperidine rings is 1. The molecule has 1 aromatic rings. The van der Waals surface area contributed by atoms with Gasteiger partial charge in [-0.3, -0.25) is 0 Å². The summed E-state index contributed by atoms with van der Waals surface area (Å²) in [6.07, 6.45) is 1.24. The minimum Gasteiger partial charge on any atom is -0.391 e. The van der Waals surface area contributed by atoms with Crippen LogP contribution in [0.25, 0.3) is 0 Å². The van der Waals surface area contributed by atoms with Gasteiger partial charge in [0.15, 0.2) is 0 Å². The Kier molecular flexibility index (Phi) is 5.07. The number of likely N-dealkylation sites (tertiary alicyclic amines) is 1. The molecule has 2 rings (SSSR count). The van der Waals surface area contributed by atoms with Gasteiger partial charge in [0.05, 0.1) is 10.4 Å². The Morgan fingerprint density at radius 1 is 1.63 bits per heavy atom. The summed E-state index contributed by atoms with van der Waals surface area (Å²) in [7, 11) is 0. The lowest BCUT2D eigenvalue weighted by Gasteiger charge is -2.34. The topological polar surface area (TPSA) is 52.6 Å². The maximum atomic E-state index is 11.9. The molecule has 2 amide bonds. The van der Waals surface area contributed by atoms with E-state index in [0.717, 1.165) is 28.6 Å². The number of halogens is 1. The van der Waals surface area contributed by atoms with Crippen molar-refractivity contribution in [3.63, 3.8) is 0 Å². The summed E-state index contributed by atoms with van der Waals surface area (Å²) >= 11 is 7.38. The van der Waals surface area contributed by atoms with Crippen molar-refractivity contribution in [3.05, 3.63) is 21.3 Å². The van der Waals surface area contributed by atoms with Gasteiger partial charge in [0.25, 0.3) is 0 Å². The van der Waals surface area contributed by atoms with E-state index in [0.29, 0.717) is 13.1 Å². The van der Waals surface area contributed by atoms with E-state index in [2.05, 4.69) is 5.32 Å². The average Bonchev–Trinajstić information content (AvgIpc) is 2.78. The molecule has 1 saturated heterocycles. The maximum absolute atomic E-state index is 11.9. The first-order valence-corrected chi connectivity index (χ1v) is 7.71. The Hall–Kier alpha value is -0.780. The average molecular weight is 303 g/mol. The van der Waals surface area contributed by atoms with E-state index < -0.39 is 6.10 Å². The van der Waals surface area contributed by atoms with E-state index in [9.17, 15) is 9.90 Å². The van der Waals surface area contributed by atoms with Gasteiger partial charge in [0.1, 0.15) is 0 Å². The molecule has 1 aromatic heterocycles. The van der Waals surface area contributed by atoms with Gasteiger partial charge in [-0.05, 0) is 30.9 Å². The molecule has 1 aliphatic heterocycles. The van der Waals surface area contributed by atoms with E-state index in [1.165, 1.54) is 11.3 Å². The maximum Gasteiger partial charge on any atom is 0.317 e. The fourth-order valence-corrected chi connectivity index (χ4v) is 3.21. The predicted octanol–water partition coefficient (Wildman–Crippen LogP) is 2.36. The minimum atomic E-state index is -0.407. The summed E-state index contributed by atoms with van der Waals surface area (Å²) in [5, 5.41) is 12.7. The van der Waals surface area contributed by atoms with Gasteiger partial charge in [-0.1, -0.05) is 18.5 Å². The number of urea groups is 1. The van der Waals surface area contributed by atoms with Crippen molar-refractivity contribution in [2.45, 2.75) is 25.9 Å². The van der Waals surface area contributed by atoms with Crippen LogP contribution in [0.5, 0.6) is 0 Å². The van der Waals surface area contributed by atoms with Crippen LogP contribution in [-0.4, -0.2) is 41.8 Å². The molecule has 1 fully saturated rings. The summed E-state index contributed by atoms with van der Waals surface area (Å²) in [5.41, 5.74) is 0. The molecular weight excluding hydrogens is 284 g/mol. The Morgan fingerprint density at radius 2 is 2.42 bits per heavy atom. The minimum absolute atomic E-state index is 0.0893. The van der Waals surface area contributed by atoms with Crippen molar-refractivity contribution < 1.29 is 9.90 Å². The molecule has 0 spiro atoms. The van der Waals surface area contributed by atoms with Crippen LogP contribution in [0.2, 0.25) is 4.34 Å². The Labute approximate surface area is 122 Å². The molecule has 0 aliphatic carbocycles. The van der Waals surface area contributed by atoms with Gasteiger partial charge in [-0.2, -0.15) is 0 Å². The van der Waals surface area contributed by atoms with Crippen LogP contribution in [-0.2, 0) is 6.42 Å². The smallest absolute Gasteiger partial charge is 0.317 e. The van der Waals surface area contributed by atoms with Gasteiger partial charge >= 0.3 is 6.03 Å². The van der Waals surface area contributed by atoms with Crippen LogP contribution in [0.3, 0.4) is 0 Å². The number of hydrogen-bond acceptors (Lipinski definition) is 3. The number of rotatable bonds is 3. The second kappa shape index (κ2) is 6.59. The number of hydrogen-bond donors (Lipinski definition) is 2.